The van der Waals surface area contributed by atoms with Crippen LogP contribution in [0.2, 0.25) is 0 Å². The number of carbonyl (C=O) groups is 1. The van der Waals surface area contributed by atoms with Crippen molar-refractivity contribution in [2.45, 2.75) is 13.8 Å². The van der Waals surface area contributed by atoms with Crippen LogP contribution < -0.4 is 10.6 Å². The van der Waals surface area contributed by atoms with Crippen molar-refractivity contribution in [1.29, 1.82) is 0 Å². The first-order chi connectivity index (χ1) is 12.1. The number of carbonyl (C=O) groups excluding carboxylic acids is 1. The van der Waals surface area contributed by atoms with Crippen molar-refractivity contribution in [2.24, 2.45) is 5.92 Å². The summed E-state index contributed by atoms with van der Waals surface area (Å²) in [7, 11) is -0.521. The third-order valence-electron chi connectivity index (χ3n) is 4.32. The van der Waals surface area contributed by atoms with Gasteiger partial charge in [0.05, 0.1) is 12.5 Å². The van der Waals surface area contributed by atoms with Gasteiger partial charge in [-0.05, 0) is 32.4 Å². The summed E-state index contributed by atoms with van der Waals surface area (Å²) in [5, 5.41) is 2.62. The zero-order valence-electron chi connectivity index (χ0n) is 14.7. The molecule has 0 saturated carbocycles. The molecule has 1 atom stereocenters. The van der Waals surface area contributed by atoms with Crippen molar-refractivity contribution in [3.63, 3.8) is 0 Å². The van der Waals surface area contributed by atoms with Crippen molar-refractivity contribution in [1.82, 2.24) is 0 Å². The predicted molar refractivity (Wildman–Crippen MR) is 106 cm³/mol. The van der Waals surface area contributed by atoms with Gasteiger partial charge in [0.1, 0.15) is 0 Å². The van der Waals surface area contributed by atoms with E-state index in [2.05, 4.69) is 48.5 Å². The molecule has 1 aliphatic carbocycles. The molecule has 25 heavy (non-hydrogen) atoms. The molecule has 2 aromatic rings. The van der Waals surface area contributed by atoms with Gasteiger partial charge in [-0.2, -0.15) is 0 Å². The van der Waals surface area contributed by atoms with Gasteiger partial charge in [0.25, 0.3) is 0 Å². The van der Waals surface area contributed by atoms with Gasteiger partial charge in [-0.15, -0.1) is 0 Å². The molecule has 2 aromatic carbocycles. The zero-order valence-corrected chi connectivity index (χ0v) is 15.6. The minimum absolute atomic E-state index is 0.137. The first-order valence-electron chi connectivity index (χ1n) is 8.56. The van der Waals surface area contributed by atoms with E-state index in [1.807, 2.05) is 38.1 Å². The highest BCUT2D eigenvalue weighted by Gasteiger charge is 2.23. The van der Waals surface area contributed by atoms with Gasteiger partial charge in [-0.25, -0.2) is 0 Å². The molecule has 0 aliphatic heterocycles. The monoisotopic (exact) mass is 350 g/mol. The summed E-state index contributed by atoms with van der Waals surface area (Å²) >= 11 is 0. The SMILES string of the molecule is CC1=CC(C(=O)OCCP(c2ccccc2)c2ccccc2)C(C)=C1. The second-order valence-corrected chi connectivity index (χ2v) is 8.60. The van der Waals surface area contributed by atoms with E-state index in [4.69, 9.17) is 4.74 Å². The summed E-state index contributed by atoms with van der Waals surface area (Å²) in [6, 6.07) is 21.0. The van der Waals surface area contributed by atoms with Crippen LogP contribution in [-0.4, -0.2) is 18.7 Å². The van der Waals surface area contributed by atoms with Crippen molar-refractivity contribution in [2.75, 3.05) is 12.8 Å². The zero-order chi connectivity index (χ0) is 17.6. The molecule has 0 N–H and O–H groups in total. The number of rotatable bonds is 6. The van der Waals surface area contributed by atoms with Crippen LogP contribution in [0.15, 0.2) is 84.0 Å². The summed E-state index contributed by atoms with van der Waals surface area (Å²) in [5.74, 6) is -0.346. The highest BCUT2D eigenvalue weighted by atomic mass is 31.1. The number of esters is 1. The van der Waals surface area contributed by atoms with Gasteiger partial charge in [0.2, 0.25) is 0 Å². The Bertz CT molecular complexity index is 739. The highest BCUT2D eigenvalue weighted by Crippen LogP contribution is 2.33. The van der Waals surface area contributed by atoms with Gasteiger partial charge in [-0.3, -0.25) is 4.79 Å². The molecule has 1 aliphatic rings. The van der Waals surface area contributed by atoms with Gasteiger partial charge >= 0.3 is 5.97 Å². The van der Waals surface area contributed by atoms with Gasteiger partial charge in [0.15, 0.2) is 0 Å². The van der Waals surface area contributed by atoms with E-state index in [9.17, 15) is 4.79 Å². The second-order valence-electron chi connectivity index (χ2n) is 6.27. The summed E-state index contributed by atoms with van der Waals surface area (Å²) in [6.07, 6.45) is 4.87. The van der Waals surface area contributed by atoms with Gasteiger partial charge in [0, 0.05) is 6.16 Å². The number of benzene rings is 2. The lowest BCUT2D eigenvalue weighted by Gasteiger charge is -2.19. The third-order valence-corrected chi connectivity index (χ3v) is 6.80. The molecule has 0 fully saturated rings. The topological polar surface area (TPSA) is 26.3 Å². The van der Waals surface area contributed by atoms with Crippen molar-refractivity contribution in [3.8, 4) is 0 Å². The molecule has 2 nitrogen and oxygen atoms in total. The average molecular weight is 350 g/mol. The molecule has 0 aromatic heterocycles. The van der Waals surface area contributed by atoms with E-state index in [0.717, 1.165) is 17.3 Å². The molecule has 0 heterocycles. The minimum atomic E-state index is -0.521. The Morgan fingerprint density at radius 1 is 0.960 bits per heavy atom. The summed E-state index contributed by atoms with van der Waals surface area (Å²) in [5.41, 5.74) is 2.20. The maximum Gasteiger partial charge on any atom is 0.316 e. The van der Waals surface area contributed by atoms with E-state index in [1.165, 1.54) is 10.6 Å². The van der Waals surface area contributed by atoms with Gasteiger partial charge in [-0.1, -0.05) is 84.0 Å². The Morgan fingerprint density at radius 3 is 2.00 bits per heavy atom. The summed E-state index contributed by atoms with van der Waals surface area (Å²) < 4.78 is 5.61. The van der Waals surface area contributed by atoms with Crippen molar-refractivity contribution >= 4 is 24.5 Å². The van der Waals surface area contributed by atoms with Gasteiger partial charge < -0.3 is 4.74 Å². The average Bonchev–Trinajstić information content (AvgIpc) is 2.98. The fourth-order valence-corrected chi connectivity index (χ4v) is 5.25. The lowest BCUT2D eigenvalue weighted by atomic mass is 10.1. The molecule has 0 spiro atoms. The summed E-state index contributed by atoms with van der Waals surface area (Å²) in [6.45, 7) is 4.45. The Kier molecular flexibility index (Phi) is 5.83. The highest BCUT2D eigenvalue weighted by molar-refractivity contribution is 7.73. The van der Waals surface area contributed by atoms with Crippen molar-refractivity contribution < 1.29 is 9.53 Å². The van der Waals surface area contributed by atoms with Crippen LogP contribution in [0.1, 0.15) is 13.8 Å². The molecule has 0 radical (unpaired) electrons. The molecular formula is C22H23O2P. The van der Waals surface area contributed by atoms with Crippen LogP contribution in [0, 0.1) is 5.92 Å². The van der Waals surface area contributed by atoms with E-state index in [0.29, 0.717) is 6.61 Å². The van der Waals surface area contributed by atoms with Crippen LogP contribution in [0.5, 0.6) is 0 Å². The molecule has 3 rings (SSSR count). The molecule has 0 saturated heterocycles. The predicted octanol–water partition coefficient (Wildman–Crippen LogP) is 4.18. The Balaban J connectivity index is 1.66. The largest absolute Gasteiger partial charge is 0.465 e. The first kappa shape index (κ1) is 17.6. The van der Waals surface area contributed by atoms with E-state index >= 15 is 0 Å². The van der Waals surface area contributed by atoms with E-state index in [1.54, 1.807) is 0 Å². The maximum atomic E-state index is 12.4. The number of allylic oxidation sites excluding steroid dienone is 2. The molecule has 1 unspecified atom stereocenters. The molecule has 0 bridgehead atoms. The molecule has 128 valence electrons. The molecule has 3 heteroatoms. The van der Waals surface area contributed by atoms with Crippen LogP contribution >= 0.6 is 7.92 Å². The fourth-order valence-electron chi connectivity index (χ4n) is 3.10. The first-order valence-corrected chi connectivity index (χ1v) is 10.1. The maximum absolute atomic E-state index is 12.4. The molecule has 0 amide bonds. The Morgan fingerprint density at radius 2 is 1.52 bits per heavy atom. The Labute approximate surface area is 151 Å². The van der Waals surface area contributed by atoms with E-state index in [-0.39, 0.29) is 11.9 Å². The number of hydrogen-bond donors (Lipinski definition) is 0. The standard InChI is InChI=1S/C22H23O2P/c1-17-15-18(2)21(16-17)22(23)24-13-14-25(19-9-5-3-6-10-19)20-11-7-4-8-12-20/h3-12,15-16,21H,13-14H2,1-2H3. The number of ether oxygens (including phenoxy) is 1. The fraction of sp³-hybridized carbons (Fsp3) is 0.227. The van der Waals surface area contributed by atoms with Crippen LogP contribution in [-0.2, 0) is 9.53 Å². The lowest BCUT2D eigenvalue weighted by Crippen LogP contribution is -2.20. The Hall–Kier alpha value is -2.18. The second kappa shape index (κ2) is 8.27. The van der Waals surface area contributed by atoms with Crippen molar-refractivity contribution in [3.05, 3.63) is 84.0 Å². The lowest BCUT2D eigenvalue weighted by molar-refractivity contribution is -0.144. The van der Waals surface area contributed by atoms with Crippen LogP contribution in [0.4, 0.5) is 0 Å². The molecular weight excluding hydrogens is 327 g/mol. The third kappa shape index (κ3) is 4.46. The smallest absolute Gasteiger partial charge is 0.316 e. The quantitative estimate of drug-likeness (QED) is 0.577. The van der Waals surface area contributed by atoms with Crippen LogP contribution in [0.3, 0.4) is 0 Å². The minimum Gasteiger partial charge on any atom is -0.465 e. The normalized spacial score (nSPS) is 16.5. The van der Waals surface area contributed by atoms with E-state index < -0.39 is 7.92 Å². The number of hydrogen-bond acceptors (Lipinski definition) is 2. The summed E-state index contributed by atoms with van der Waals surface area (Å²) in [4.78, 5) is 12.4. The van der Waals surface area contributed by atoms with Crippen LogP contribution in [0.25, 0.3) is 0 Å².